The summed E-state index contributed by atoms with van der Waals surface area (Å²) >= 11 is 1.57. The molecule has 0 spiro atoms. The van der Waals surface area contributed by atoms with Crippen LogP contribution in [0.25, 0.3) is 0 Å². The normalized spacial score (nSPS) is 24.2. The summed E-state index contributed by atoms with van der Waals surface area (Å²) in [6, 6.07) is 6.62. The third kappa shape index (κ3) is 3.53. The summed E-state index contributed by atoms with van der Waals surface area (Å²) in [4.78, 5) is 27.9. The molecule has 2 N–H and O–H groups in total. The summed E-state index contributed by atoms with van der Waals surface area (Å²) in [5, 5.41) is 12.4. The molecule has 3 rings (SSSR count). The van der Waals surface area contributed by atoms with Crippen LogP contribution in [0.5, 0.6) is 0 Å². The second kappa shape index (κ2) is 6.43. The second-order valence-corrected chi connectivity index (χ2v) is 7.97. The number of nitrogens with zero attached hydrogens (tertiary/aromatic N) is 1. The molecule has 0 saturated carbocycles. The van der Waals surface area contributed by atoms with Crippen LogP contribution < -0.4 is 5.32 Å². The number of thioether (sulfide) groups is 1. The summed E-state index contributed by atoms with van der Waals surface area (Å²) in [6.07, 6.45) is 2.48. The van der Waals surface area contributed by atoms with Gasteiger partial charge in [0.1, 0.15) is 12.3 Å². The number of aldehydes is 1. The van der Waals surface area contributed by atoms with Gasteiger partial charge in [-0.15, -0.1) is 11.8 Å². The van der Waals surface area contributed by atoms with E-state index >= 15 is 0 Å². The predicted octanol–water partition coefficient (Wildman–Crippen LogP) is 3.39. The summed E-state index contributed by atoms with van der Waals surface area (Å²) in [5.41, 5.74) is 3.43. The van der Waals surface area contributed by atoms with Crippen LogP contribution in [-0.4, -0.2) is 34.9 Å². The molecule has 1 aromatic rings. The van der Waals surface area contributed by atoms with Gasteiger partial charge in [0.2, 0.25) is 0 Å². The van der Waals surface area contributed by atoms with Crippen molar-refractivity contribution in [2.24, 2.45) is 10.4 Å². The minimum atomic E-state index is -0.819. The number of rotatable bonds is 3. The van der Waals surface area contributed by atoms with Gasteiger partial charge < -0.3 is 10.4 Å². The van der Waals surface area contributed by atoms with E-state index in [-0.39, 0.29) is 5.41 Å². The lowest BCUT2D eigenvalue weighted by molar-refractivity contribution is -0.138. The predicted molar refractivity (Wildman–Crippen MR) is 96.0 cm³/mol. The van der Waals surface area contributed by atoms with Gasteiger partial charge in [-0.25, -0.2) is 4.79 Å². The van der Waals surface area contributed by atoms with E-state index in [1.807, 2.05) is 12.1 Å². The molecule has 24 heavy (non-hydrogen) atoms. The highest BCUT2D eigenvalue weighted by atomic mass is 32.2. The molecule has 0 amide bonds. The maximum absolute atomic E-state index is 11.3. The zero-order chi connectivity index (χ0) is 17.3. The third-order valence-corrected chi connectivity index (χ3v) is 5.44. The number of hydrogen-bond donors (Lipinski definition) is 2. The Balaban J connectivity index is 1.96. The summed E-state index contributed by atoms with van der Waals surface area (Å²) in [5.74, 6) is -0.321. The highest BCUT2D eigenvalue weighted by molar-refractivity contribution is 8.04. The van der Waals surface area contributed by atoms with Crippen LogP contribution in [-0.2, 0) is 4.79 Å². The molecule has 1 atom stereocenters. The quantitative estimate of drug-likeness (QED) is 0.822. The van der Waals surface area contributed by atoms with Gasteiger partial charge in [0.15, 0.2) is 0 Å². The van der Waals surface area contributed by atoms with Crippen LogP contribution in [0.3, 0.4) is 0 Å². The number of aliphatic carboxylic acids is 1. The number of carbonyl (C=O) groups excluding carboxylic acids is 1. The minimum Gasteiger partial charge on any atom is -0.480 e. The molecule has 1 aliphatic heterocycles. The summed E-state index contributed by atoms with van der Waals surface area (Å²) < 4.78 is 0. The highest BCUT2D eigenvalue weighted by Crippen LogP contribution is 2.43. The smallest absolute Gasteiger partial charge is 0.326 e. The molecule has 0 bridgehead atoms. The Kier molecular flexibility index (Phi) is 4.49. The van der Waals surface area contributed by atoms with Crippen molar-refractivity contribution in [1.82, 2.24) is 5.32 Å². The van der Waals surface area contributed by atoms with Gasteiger partial charge in [-0.3, -0.25) is 9.79 Å². The van der Waals surface area contributed by atoms with E-state index in [1.165, 1.54) is 0 Å². The van der Waals surface area contributed by atoms with E-state index < -0.39 is 12.0 Å². The molecule has 0 saturated heterocycles. The Bertz CT molecular complexity index is 735. The Labute approximate surface area is 145 Å². The number of hydrogen-bond acceptors (Lipinski definition) is 5. The fourth-order valence-electron chi connectivity index (χ4n) is 3.04. The first kappa shape index (κ1) is 16.8. The van der Waals surface area contributed by atoms with Crippen molar-refractivity contribution in [2.75, 3.05) is 5.75 Å². The monoisotopic (exact) mass is 344 g/mol. The van der Waals surface area contributed by atoms with E-state index in [9.17, 15) is 14.7 Å². The van der Waals surface area contributed by atoms with Gasteiger partial charge in [0, 0.05) is 21.9 Å². The molecule has 1 unspecified atom stereocenters. The molecule has 0 aromatic heterocycles. The molecule has 0 fully saturated rings. The SMILES string of the molecule is CC1(C)CC2=C(SCC(C(=O)O)N2)/C(=N/c2ccc(C=O)cc2)C1. The maximum atomic E-state index is 11.3. The zero-order valence-corrected chi connectivity index (χ0v) is 14.5. The average molecular weight is 344 g/mol. The molecular formula is C18H20N2O3S. The lowest BCUT2D eigenvalue weighted by atomic mass is 9.78. The van der Waals surface area contributed by atoms with Gasteiger partial charge in [0.25, 0.3) is 0 Å². The molecule has 5 nitrogen and oxygen atoms in total. The van der Waals surface area contributed by atoms with Gasteiger partial charge in [0.05, 0.1) is 11.4 Å². The lowest BCUT2D eigenvalue weighted by Gasteiger charge is -2.38. The maximum Gasteiger partial charge on any atom is 0.326 e. The van der Waals surface area contributed by atoms with Crippen LogP contribution in [0.15, 0.2) is 39.9 Å². The fraction of sp³-hybridized carbons (Fsp3) is 0.389. The number of allylic oxidation sites excluding steroid dienone is 2. The van der Waals surface area contributed by atoms with Crippen molar-refractivity contribution >= 4 is 35.4 Å². The van der Waals surface area contributed by atoms with Crippen molar-refractivity contribution in [3.63, 3.8) is 0 Å². The van der Waals surface area contributed by atoms with Gasteiger partial charge >= 0.3 is 5.97 Å². The first-order valence-electron chi connectivity index (χ1n) is 7.86. The summed E-state index contributed by atoms with van der Waals surface area (Å²) in [7, 11) is 0. The standard InChI is InChI=1S/C18H20N2O3S/c1-18(2)7-13(19-12-5-3-11(9-21)4-6-12)16-14(8-18)20-15(10-24-16)17(22)23/h3-6,9,15,20H,7-8,10H2,1-2H3,(H,22,23)/b19-13+. The Morgan fingerprint density at radius 1 is 1.33 bits per heavy atom. The van der Waals surface area contributed by atoms with Gasteiger partial charge in [-0.2, -0.15) is 0 Å². The van der Waals surface area contributed by atoms with Crippen LogP contribution >= 0.6 is 11.8 Å². The molecule has 1 aromatic carbocycles. The third-order valence-electron chi connectivity index (χ3n) is 4.17. The molecule has 6 heteroatoms. The van der Waals surface area contributed by atoms with Crippen LogP contribution in [0.4, 0.5) is 5.69 Å². The van der Waals surface area contributed by atoms with Crippen molar-refractivity contribution in [3.05, 3.63) is 40.4 Å². The zero-order valence-electron chi connectivity index (χ0n) is 13.7. The molecular weight excluding hydrogens is 324 g/mol. The van der Waals surface area contributed by atoms with E-state index in [2.05, 4.69) is 19.2 Å². The molecule has 126 valence electrons. The van der Waals surface area contributed by atoms with Crippen LogP contribution in [0.2, 0.25) is 0 Å². The number of carboxylic acids is 1. The van der Waals surface area contributed by atoms with Gasteiger partial charge in [-0.1, -0.05) is 13.8 Å². The van der Waals surface area contributed by atoms with E-state index in [0.717, 1.165) is 41.1 Å². The van der Waals surface area contributed by atoms with Crippen molar-refractivity contribution < 1.29 is 14.7 Å². The largest absolute Gasteiger partial charge is 0.480 e. The molecule has 1 heterocycles. The number of benzene rings is 1. The van der Waals surface area contributed by atoms with Crippen molar-refractivity contribution in [1.29, 1.82) is 0 Å². The molecule has 0 radical (unpaired) electrons. The van der Waals surface area contributed by atoms with Crippen molar-refractivity contribution in [2.45, 2.75) is 32.7 Å². The topological polar surface area (TPSA) is 78.8 Å². The summed E-state index contributed by atoms with van der Waals surface area (Å²) in [6.45, 7) is 4.33. The van der Waals surface area contributed by atoms with E-state index in [0.29, 0.717) is 11.3 Å². The van der Waals surface area contributed by atoms with Crippen molar-refractivity contribution in [3.8, 4) is 0 Å². The molecule has 1 aliphatic carbocycles. The van der Waals surface area contributed by atoms with E-state index in [1.54, 1.807) is 23.9 Å². The number of carbonyl (C=O) groups is 2. The Hall–Kier alpha value is -2.08. The average Bonchev–Trinajstić information content (AvgIpc) is 2.54. The first-order chi connectivity index (χ1) is 11.4. The minimum absolute atomic E-state index is 0.0222. The highest BCUT2D eigenvalue weighted by Gasteiger charge is 2.36. The number of aliphatic imine (C=N–C) groups is 1. The van der Waals surface area contributed by atoms with Gasteiger partial charge in [-0.05, 0) is 42.5 Å². The lowest BCUT2D eigenvalue weighted by Crippen LogP contribution is -2.44. The second-order valence-electron chi connectivity index (χ2n) is 6.94. The first-order valence-corrected chi connectivity index (χ1v) is 8.85. The Morgan fingerprint density at radius 3 is 2.67 bits per heavy atom. The van der Waals surface area contributed by atoms with Crippen LogP contribution in [0.1, 0.15) is 37.0 Å². The Morgan fingerprint density at radius 2 is 2.04 bits per heavy atom. The number of nitrogens with one attached hydrogen (secondary N) is 1. The molecule has 2 aliphatic rings. The van der Waals surface area contributed by atoms with Crippen LogP contribution in [0, 0.1) is 5.41 Å². The van der Waals surface area contributed by atoms with E-state index in [4.69, 9.17) is 4.99 Å². The number of carboxylic acid groups (broad SMARTS) is 1. The fourth-order valence-corrected chi connectivity index (χ4v) is 4.19.